The highest BCUT2D eigenvalue weighted by Gasteiger charge is 2.40. The lowest BCUT2D eigenvalue weighted by Crippen LogP contribution is -2.47. The zero-order valence-electron chi connectivity index (χ0n) is 13.5. The Morgan fingerprint density at radius 1 is 1.30 bits per heavy atom. The van der Waals surface area contributed by atoms with E-state index in [4.69, 9.17) is 4.74 Å². The number of carbonyl (C=O) groups is 1. The van der Waals surface area contributed by atoms with Gasteiger partial charge < -0.3 is 15.0 Å². The van der Waals surface area contributed by atoms with Crippen LogP contribution in [0.4, 0.5) is 4.79 Å². The highest BCUT2D eigenvalue weighted by Crippen LogP contribution is 2.32. The van der Waals surface area contributed by atoms with Gasteiger partial charge in [0.2, 0.25) is 0 Å². The van der Waals surface area contributed by atoms with Gasteiger partial charge in [-0.15, -0.1) is 0 Å². The number of nitrogens with one attached hydrogen (secondary N) is 1. The van der Waals surface area contributed by atoms with E-state index in [1.54, 1.807) is 6.20 Å². The molecule has 0 aromatic carbocycles. The summed E-state index contributed by atoms with van der Waals surface area (Å²) in [5.74, 6) is 0.753. The van der Waals surface area contributed by atoms with E-state index in [2.05, 4.69) is 16.4 Å². The third-order valence-electron chi connectivity index (χ3n) is 5.06. The average Bonchev–Trinajstić information content (AvgIpc) is 3.48. The Balaban J connectivity index is 1.44. The third-order valence-corrected chi connectivity index (χ3v) is 5.06. The van der Waals surface area contributed by atoms with Crippen LogP contribution in [0.15, 0.2) is 24.5 Å². The van der Waals surface area contributed by atoms with Crippen molar-refractivity contribution in [3.8, 4) is 0 Å². The number of nitrogens with zero attached hydrogens (tertiary/aromatic N) is 2. The second kappa shape index (κ2) is 6.48. The van der Waals surface area contributed by atoms with Crippen molar-refractivity contribution in [3.05, 3.63) is 30.1 Å². The molecule has 23 heavy (non-hydrogen) atoms. The van der Waals surface area contributed by atoms with Crippen LogP contribution in [0.2, 0.25) is 0 Å². The highest BCUT2D eigenvalue weighted by molar-refractivity contribution is 5.75. The Kier molecular flexibility index (Phi) is 4.21. The molecule has 5 nitrogen and oxygen atoms in total. The van der Waals surface area contributed by atoms with Gasteiger partial charge in [-0.2, -0.15) is 0 Å². The first kappa shape index (κ1) is 14.9. The topological polar surface area (TPSA) is 54.5 Å². The molecule has 1 saturated heterocycles. The van der Waals surface area contributed by atoms with E-state index in [9.17, 15) is 4.79 Å². The van der Waals surface area contributed by atoms with Crippen LogP contribution < -0.4 is 5.32 Å². The minimum absolute atomic E-state index is 0.0823. The van der Waals surface area contributed by atoms with Gasteiger partial charge in [-0.05, 0) is 56.1 Å². The predicted molar refractivity (Wildman–Crippen MR) is 87.1 cm³/mol. The SMILES string of the molecule is O=C(NC1CC1)N1CC[C@@H](OCC2CC2)[C@H]1Cc1cccnc1. The quantitative estimate of drug-likeness (QED) is 0.877. The van der Waals surface area contributed by atoms with Gasteiger partial charge in [-0.25, -0.2) is 4.79 Å². The van der Waals surface area contributed by atoms with Crippen LogP contribution in [-0.4, -0.2) is 47.3 Å². The monoisotopic (exact) mass is 315 g/mol. The smallest absolute Gasteiger partial charge is 0.317 e. The van der Waals surface area contributed by atoms with E-state index in [1.807, 2.05) is 17.2 Å². The van der Waals surface area contributed by atoms with Crippen molar-refractivity contribution in [2.45, 2.75) is 56.7 Å². The van der Waals surface area contributed by atoms with E-state index in [-0.39, 0.29) is 18.2 Å². The standard InChI is InChI=1S/C18H25N3O2/c22-18(20-15-5-6-15)21-9-7-17(23-12-13-3-4-13)16(21)10-14-2-1-8-19-11-14/h1-2,8,11,13,15-17H,3-7,9-10,12H2,(H,20,22)/t16-,17-/m1/s1. The maximum Gasteiger partial charge on any atom is 0.317 e. The summed E-state index contributed by atoms with van der Waals surface area (Å²) in [5, 5.41) is 3.13. The fourth-order valence-corrected chi connectivity index (χ4v) is 3.30. The minimum atomic E-state index is 0.0823. The maximum absolute atomic E-state index is 12.5. The Morgan fingerprint density at radius 3 is 2.87 bits per heavy atom. The summed E-state index contributed by atoms with van der Waals surface area (Å²) < 4.78 is 6.17. The van der Waals surface area contributed by atoms with Crippen molar-refractivity contribution in [1.82, 2.24) is 15.2 Å². The summed E-state index contributed by atoms with van der Waals surface area (Å²) in [7, 11) is 0. The average molecular weight is 315 g/mol. The molecule has 124 valence electrons. The first-order valence-electron chi connectivity index (χ1n) is 8.87. The molecular formula is C18H25N3O2. The van der Waals surface area contributed by atoms with Crippen molar-refractivity contribution < 1.29 is 9.53 Å². The number of urea groups is 1. The van der Waals surface area contributed by atoms with E-state index in [1.165, 1.54) is 18.4 Å². The van der Waals surface area contributed by atoms with Gasteiger partial charge >= 0.3 is 6.03 Å². The van der Waals surface area contributed by atoms with Crippen LogP contribution in [0.3, 0.4) is 0 Å². The van der Waals surface area contributed by atoms with Crippen LogP contribution in [0, 0.1) is 5.92 Å². The Hall–Kier alpha value is -1.62. The van der Waals surface area contributed by atoms with Gasteiger partial charge in [-0.3, -0.25) is 4.98 Å². The fraction of sp³-hybridized carbons (Fsp3) is 0.667. The summed E-state index contributed by atoms with van der Waals surface area (Å²) in [5.41, 5.74) is 1.17. The number of amides is 2. The maximum atomic E-state index is 12.5. The van der Waals surface area contributed by atoms with Crippen molar-refractivity contribution in [1.29, 1.82) is 0 Å². The normalized spacial score (nSPS) is 27.2. The van der Waals surface area contributed by atoms with Gasteiger partial charge in [-0.1, -0.05) is 6.07 Å². The highest BCUT2D eigenvalue weighted by atomic mass is 16.5. The molecule has 1 aliphatic heterocycles. The fourth-order valence-electron chi connectivity index (χ4n) is 3.30. The number of aromatic nitrogens is 1. The van der Waals surface area contributed by atoms with Crippen LogP contribution in [0.25, 0.3) is 0 Å². The molecule has 3 fully saturated rings. The van der Waals surface area contributed by atoms with Gasteiger partial charge in [0.05, 0.1) is 12.1 Å². The molecule has 3 aliphatic rings. The van der Waals surface area contributed by atoms with E-state index < -0.39 is 0 Å². The summed E-state index contributed by atoms with van der Waals surface area (Å²) in [6.07, 6.45) is 10.4. The summed E-state index contributed by atoms with van der Waals surface area (Å²) in [6.45, 7) is 1.64. The number of carbonyl (C=O) groups excluding carboxylic acids is 1. The summed E-state index contributed by atoms with van der Waals surface area (Å²) in [6, 6.07) is 4.64. The molecule has 2 heterocycles. The Bertz CT molecular complexity index is 542. The van der Waals surface area contributed by atoms with Crippen LogP contribution in [-0.2, 0) is 11.2 Å². The molecule has 2 aliphatic carbocycles. The van der Waals surface area contributed by atoms with Gasteiger partial charge in [0, 0.05) is 31.6 Å². The zero-order valence-corrected chi connectivity index (χ0v) is 13.5. The molecule has 2 saturated carbocycles. The van der Waals surface area contributed by atoms with E-state index in [0.717, 1.165) is 44.8 Å². The molecule has 1 aromatic rings. The molecule has 0 spiro atoms. The van der Waals surface area contributed by atoms with Crippen LogP contribution in [0.1, 0.15) is 37.7 Å². The molecule has 0 bridgehead atoms. The molecule has 2 amide bonds. The second-order valence-corrected chi connectivity index (χ2v) is 7.15. The third kappa shape index (κ3) is 3.83. The second-order valence-electron chi connectivity index (χ2n) is 7.15. The lowest BCUT2D eigenvalue weighted by Gasteiger charge is -2.28. The first-order chi connectivity index (χ1) is 11.3. The van der Waals surface area contributed by atoms with Crippen molar-refractivity contribution in [2.24, 2.45) is 5.92 Å². The lowest BCUT2D eigenvalue weighted by molar-refractivity contribution is 0.0259. The molecule has 0 unspecified atom stereocenters. The number of likely N-dealkylation sites (tertiary alicyclic amines) is 1. The molecular weight excluding hydrogens is 290 g/mol. The number of rotatable bonds is 6. The van der Waals surface area contributed by atoms with Gasteiger partial charge in [0.15, 0.2) is 0 Å². The van der Waals surface area contributed by atoms with E-state index in [0.29, 0.717) is 6.04 Å². The summed E-state index contributed by atoms with van der Waals surface area (Å²) in [4.78, 5) is 18.7. The molecule has 2 atom stereocenters. The van der Waals surface area contributed by atoms with Crippen molar-refractivity contribution >= 4 is 6.03 Å². The minimum Gasteiger partial charge on any atom is -0.376 e. The number of hydrogen-bond acceptors (Lipinski definition) is 3. The molecule has 0 radical (unpaired) electrons. The lowest BCUT2D eigenvalue weighted by atomic mass is 10.0. The number of pyridine rings is 1. The largest absolute Gasteiger partial charge is 0.376 e. The molecule has 1 N–H and O–H groups in total. The van der Waals surface area contributed by atoms with E-state index >= 15 is 0 Å². The Labute approximate surface area is 137 Å². The summed E-state index contributed by atoms with van der Waals surface area (Å²) >= 11 is 0. The molecule has 1 aromatic heterocycles. The van der Waals surface area contributed by atoms with Crippen molar-refractivity contribution in [3.63, 3.8) is 0 Å². The molecule has 4 rings (SSSR count). The predicted octanol–water partition coefficient (Wildman–Crippen LogP) is 2.37. The number of hydrogen-bond donors (Lipinski definition) is 1. The van der Waals surface area contributed by atoms with Gasteiger partial charge in [0.25, 0.3) is 0 Å². The Morgan fingerprint density at radius 2 is 2.17 bits per heavy atom. The van der Waals surface area contributed by atoms with Crippen LogP contribution >= 0.6 is 0 Å². The number of ether oxygens (including phenoxy) is 1. The van der Waals surface area contributed by atoms with Gasteiger partial charge in [0.1, 0.15) is 0 Å². The van der Waals surface area contributed by atoms with Crippen LogP contribution in [0.5, 0.6) is 0 Å². The van der Waals surface area contributed by atoms with Crippen molar-refractivity contribution in [2.75, 3.05) is 13.2 Å². The molecule has 5 heteroatoms. The first-order valence-corrected chi connectivity index (χ1v) is 8.87. The zero-order chi connectivity index (χ0) is 15.6.